The molecule has 0 saturated heterocycles. The van der Waals surface area contributed by atoms with Gasteiger partial charge in [0.15, 0.2) is 0 Å². The first-order valence-electron chi connectivity index (χ1n) is 10.1. The maximum Gasteiger partial charge on any atom is 0.405 e. The largest absolute Gasteiger partial charge is 0.483 e. The lowest BCUT2D eigenvalue weighted by Crippen LogP contribution is -2.43. The van der Waals surface area contributed by atoms with Crippen LogP contribution >= 0.6 is 0 Å². The third kappa shape index (κ3) is 51.7. The van der Waals surface area contributed by atoms with Crippen LogP contribution in [0.5, 0.6) is 0 Å². The molecule has 0 atom stereocenters. The fraction of sp³-hybridized carbons (Fsp3) is 0.438. The van der Waals surface area contributed by atoms with Crippen LogP contribution in [0.25, 0.3) is 0 Å². The second-order valence-corrected chi connectivity index (χ2v) is 7.25. The summed E-state index contributed by atoms with van der Waals surface area (Å²) in [7, 11) is 0. The van der Waals surface area contributed by atoms with E-state index in [9.17, 15) is 9.59 Å². The number of hydrogen-bond donors (Lipinski definition) is 7. The average molecular weight is 671 g/mol. The summed E-state index contributed by atoms with van der Waals surface area (Å²) in [5.41, 5.74) is 10.3. The predicted molar refractivity (Wildman–Crippen MR) is 195 cm³/mol. The molecule has 2 aromatic rings. The summed E-state index contributed by atoms with van der Waals surface area (Å²) in [6.45, 7) is 8.98. The maximum absolute atomic E-state index is 10.7. The zero-order chi connectivity index (χ0) is 29.9. The van der Waals surface area contributed by atoms with Crippen LogP contribution in [0.4, 0.5) is 9.59 Å². The van der Waals surface area contributed by atoms with Gasteiger partial charge in [-0.2, -0.15) is 0 Å². The van der Waals surface area contributed by atoms with E-state index in [0.717, 1.165) is 11.1 Å². The van der Waals surface area contributed by atoms with Crippen molar-refractivity contribution >= 4 is 38.3 Å². The normalized spacial score (nSPS) is 7.04. The molecule has 0 bridgehead atoms. The lowest BCUT2D eigenvalue weighted by molar-refractivity contribution is -0.123. The molecule has 0 fully saturated rings. The third-order valence-corrected chi connectivity index (χ3v) is 3.85. The van der Waals surface area contributed by atoms with Gasteiger partial charge in [0.05, 0.1) is 11.1 Å². The van der Waals surface area contributed by atoms with E-state index < -0.39 is 23.2 Å². The molecule has 278 valence electrons. The molecule has 0 unspecified atom stereocenters. The Bertz CT molecular complexity index is 807. The minimum Gasteiger partial charge on any atom is -0.483 e. The number of nitrogens with two attached hydrogens (primary N) is 2. The van der Waals surface area contributed by atoms with E-state index in [4.69, 9.17) is 40.2 Å². The Morgan fingerprint density at radius 1 is 0.652 bits per heavy atom. The number of nitrogens with one attached hydrogen (secondary N) is 2. The van der Waals surface area contributed by atoms with Gasteiger partial charge in [-0.15, -0.1) is 0 Å². The molecule has 0 aliphatic rings. The summed E-state index contributed by atoms with van der Waals surface area (Å²) in [4.78, 5) is 54.5. The summed E-state index contributed by atoms with van der Waals surface area (Å²) < 4.78 is 0. The van der Waals surface area contributed by atoms with E-state index in [1.54, 1.807) is 0 Å². The Morgan fingerprint density at radius 2 is 0.848 bits per heavy atom. The molecule has 0 saturated carbocycles. The van der Waals surface area contributed by atoms with Gasteiger partial charge < -0.3 is 47.7 Å². The van der Waals surface area contributed by atoms with E-state index in [1.807, 2.05) is 95.1 Å². The number of carbonyl (C=O) groups excluding carboxylic acids is 3. The third-order valence-electron chi connectivity index (χ3n) is 3.85. The Hall–Kier alpha value is -4.98. The summed E-state index contributed by atoms with van der Waals surface area (Å²) in [5, 5.41) is 27.5. The minimum atomic E-state index is -1.01. The van der Waals surface area contributed by atoms with Gasteiger partial charge in [-0.3, -0.25) is 14.4 Å². The SMILES string of the molecule is C.C.C.C.C.C.C.C.C=O.CC(C)(NC(=O)O)c1ccccc1.CC(C)(NC(N)=O)c1ccccc1.NC=O.O.O=CO.O=CO. The van der Waals surface area contributed by atoms with Crippen molar-refractivity contribution in [3.63, 3.8) is 0 Å². The lowest BCUT2D eigenvalue weighted by Gasteiger charge is -2.25. The molecule has 2 aromatic carbocycles. The van der Waals surface area contributed by atoms with Crippen molar-refractivity contribution in [2.45, 2.75) is 98.2 Å². The van der Waals surface area contributed by atoms with Crippen LogP contribution in [0.1, 0.15) is 98.2 Å². The van der Waals surface area contributed by atoms with Gasteiger partial charge in [0.25, 0.3) is 12.9 Å². The number of carboxylic acid groups (broad SMARTS) is 3. The van der Waals surface area contributed by atoms with E-state index in [0.29, 0.717) is 0 Å². The number of benzene rings is 2. The van der Waals surface area contributed by atoms with Gasteiger partial charge in [0.2, 0.25) is 6.41 Å². The highest BCUT2D eigenvalue weighted by molar-refractivity contribution is 5.72. The first kappa shape index (κ1) is 83.7. The highest BCUT2D eigenvalue weighted by Gasteiger charge is 2.22. The van der Waals surface area contributed by atoms with E-state index in [2.05, 4.69) is 16.4 Å². The Labute approximate surface area is 279 Å². The molecule has 0 spiro atoms. The average Bonchev–Trinajstić information content (AvgIpc) is 2.82. The Kier molecular flexibility index (Phi) is 95.8. The fourth-order valence-corrected chi connectivity index (χ4v) is 2.43. The summed E-state index contributed by atoms with van der Waals surface area (Å²) in [6.07, 6.45) is -0.756. The van der Waals surface area contributed by atoms with Gasteiger partial charge in [-0.25, -0.2) is 9.59 Å². The van der Waals surface area contributed by atoms with Crippen LogP contribution in [0, 0.1) is 0 Å². The number of hydrogen-bond acceptors (Lipinski definition) is 6. The van der Waals surface area contributed by atoms with Crippen LogP contribution in [0.3, 0.4) is 0 Å². The molecule has 0 heterocycles. The van der Waals surface area contributed by atoms with Crippen LogP contribution in [0.2, 0.25) is 0 Å². The second kappa shape index (κ2) is 52.6. The van der Waals surface area contributed by atoms with Crippen molar-refractivity contribution in [2.24, 2.45) is 11.5 Å². The van der Waals surface area contributed by atoms with Crippen molar-refractivity contribution in [3.8, 4) is 0 Å². The van der Waals surface area contributed by atoms with E-state index in [1.165, 1.54) is 0 Å². The van der Waals surface area contributed by atoms with Crippen LogP contribution in [0.15, 0.2) is 60.7 Å². The monoisotopic (exact) mass is 671 g/mol. The van der Waals surface area contributed by atoms with Gasteiger partial charge in [-0.05, 0) is 38.8 Å². The number of urea groups is 1. The van der Waals surface area contributed by atoms with Gasteiger partial charge in [0.1, 0.15) is 6.79 Å². The maximum atomic E-state index is 10.7. The number of amides is 4. The first-order valence-corrected chi connectivity index (χ1v) is 10.1. The quantitative estimate of drug-likeness (QED) is 0.178. The molecule has 11 N–H and O–H groups in total. The highest BCUT2D eigenvalue weighted by atomic mass is 16.4. The summed E-state index contributed by atoms with van der Waals surface area (Å²) >= 11 is 0. The molecule has 2 rings (SSSR count). The van der Waals surface area contributed by atoms with Crippen molar-refractivity contribution < 1.29 is 49.6 Å². The number of primary amides is 2. The smallest absolute Gasteiger partial charge is 0.405 e. The van der Waals surface area contributed by atoms with E-state index in [-0.39, 0.29) is 84.2 Å². The molecular formula is C32H70N4O10. The number of carbonyl (C=O) groups is 6. The van der Waals surface area contributed by atoms with Gasteiger partial charge in [-0.1, -0.05) is 120 Å². The zero-order valence-electron chi connectivity index (χ0n) is 21.7. The number of rotatable bonds is 4. The van der Waals surface area contributed by atoms with Crippen LogP contribution in [-0.2, 0) is 30.3 Å². The Balaban J connectivity index is -0.0000000285. The lowest BCUT2D eigenvalue weighted by atomic mass is 9.95. The molecular weight excluding hydrogens is 600 g/mol. The van der Waals surface area contributed by atoms with Crippen molar-refractivity contribution in [3.05, 3.63) is 71.8 Å². The standard InChI is InChI=1S/C10H14N2O.C10H13NO2.CH3NO.2CH2O2.CH2O.8CH4.H2O/c1-10(2,12-9(11)13)8-6-4-3-5-7-8;1-10(2,11-9(12)13)8-6-4-3-5-7-8;3*2-1-3;1-2;;;;;;;;;/h3-7H,1-2H3,(H3,11,12,13);3-7,11H,1-2H3,(H,12,13);1H,(H2,2,3);2*1H,(H,2,3);1H2;8*1H4;1H2. The molecule has 46 heavy (non-hydrogen) atoms. The topological polar surface area (TPSA) is 271 Å². The molecule has 14 heteroatoms. The summed E-state index contributed by atoms with van der Waals surface area (Å²) in [5.74, 6) is 0. The molecule has 0 radical (unpaired) electrons. The minimum absolute atomic E-state index is 0. The van der Waals surface area contributed by atoms with Gasteiger partial charge >= 0.3 is 12.1 Å². The molecule has 4 amide bonds. The van der Waals surface area contributed by atoms with Crippen LogP contribution < -0.4 is 22.1 Å². The predicted octanol–water partition coefficient (Wildman–Crippen LogP) is 6.36. The van der Waals surface area contributed by atoms with E-state index >= 15 is 0 Å². The zero-order valence-corrected chi connectivity index (χ0v) is 21.7. The highest BCUT2D eigenvalue weighted by Crippen LogP contribution is 2.19. The molecule has 14 nitrogen and oxygen atoms in total. The van der Waals surface area contributed by atoms with Crippen LogP contribution in [-0.4, -0.2) is 59.1 Å². The molecule has 0 aliphatic carbocycles. The second-order valence-electron chi connectivity index (χ2n) is 7.25. The first-order chi connectivity index (χ1) is 17.3. The van der Waals surface area contributed by atoms with Crippen molar-refractivity contribution in [1.29, 1.82) is 0 Å². The fourth-order valence-electron chi connectivity index (χ4n) is 2.43. The molecule has 0 aromatic heterocycles. The Morgan fingerprint density at radius 3 is 1.02 bits per heavy atom. The summed E-state index contributed by atoms with van der Waals surface area (Å²) in [6, 6.07) is 18.7. The van der Waals surface area contributed by atoms with Crippen molar-refractivity contribution in [1.82, 2.24) is 10.6 Å². The van der Waals surface area contributed by atoms with Crippen molar-refractivity contribution in [2.75, 3.05) is 0 Å². The molecule has 0 aliphatic heterocycles. The van der Waals surface area contributed by atoms with Gasteiger partial charge in [0, 0.05) is 0 Å².